The highest BCUT2D eigenvalue weighted by Gasteiger charge is 2.19. The Bertz CT molecular complexity index is 1150. The van der Waals surface area contributed by atoms with Crippen LogP contribution in [0.1, 0.15) is 47.8 Å². The lowest BCUT2D eigenvalue weighted by Crippen LogP contribution is -2.29. The summed E-state index contributed by atoms with van der Waals surface area (Å²) < 4.78 is 31.7. The number of hydrogen-bond acceptors (Lipinski definition) is 4. The molecule has 7 heteroatoms. The van der Waals surface area contributed by atoms with Crippen LogP contribution >= 0.6 is 0 Å². The third kappa shape index (κ3) is 6.58. The third-order valence-corrected chi connectivity index (χ3v) is 6.43. The number of nitrogens with one attached hydrogen (secondary N) is 1. The Morgan fingerprint density at radius 3 is 2.12 bits per heavy atom. The van der Waals surface area contributed by atoms with E-state index in [0.717, 1.165) is 17.5 Å². The first-order valence-corrected chi connectivity index (χ1v) is 12.8. The Labute approximate surface area is 196 Å². The monoisotopic (exact) mass is 466 g/mol. The molecule has 0 aromatic heterocycles. The highest BCUT2D eigenvalue weighted by atomic mass is 32.2. The zero-order valence-electron chi connectivity index (χ0n) is 19.2. The molecule has 0 saturated heterocycles. The lowest BCUT2D eigenvalue weighted by Gasteiger charge is -2.23. The standard InChI is InChI=1S/C26H30N2O4S/c1-4-25(21-9-7-6-8-10-21)27-26(29)22-13-11-20(12-14-22)19-28(33(3,30)31)23-15-17-24(18-16-23)32-5-2/h6-18,25H,4-5,19H2,1-3H3,(H,27,29). The molecule has 3 aromatic carbocycles. The molecule has 3 rings (SSSR count). The summed E-state index contributed by atoms with van der Waals surface area (Å²) in [6, 6.07) is 23.7. The summed E-state index contributed by atoms with van der Waals surface area (Å²) in [5, 5.41) is 3.07. The zero-order chi connectivity index (χ0) is 23.8. The van der Waals surface area contributed by atoms with Crippen LogP contribution < -0.4 is 14.4 Å². The molecule has 0 saturated carbocycles. The molecule has 6 nitrogen and oxygen atoms in total. The smallest absolute Gasteiger partial charge is 0.251 e. The Balaban J connectivity index is 1.73. The first-order valence-electron chi connectivity index (χ1n) is 11.0. The molecule has 174 valence electrons. The van der Waals surface area contributed by atoms with Crippen molar-refractivity contribution < 1.29 is 17.9 Å². The first kappa shape index (κ1) is 24.3. The maximum Gasteiger partial charge on any atom is 0.251 e. The molecule has 1 N–H and O–H groups in total. The lowest BCUT2D eigenvalue weighted by molar-refractivity contribution is 0.0935. The second kappa shape index (κ2) is 11.0. The van der Waals surface area contributed by atoms with Crippen LogP contribution in [0.4, 0.5) is 5.69 Å². The molecule has 1 amide bonds. The van der Waals surface area contributed by atoms with Crippen LogP contribution in [0.3, 0.4) is 0 Å². The molecule has 0 aliphatic rings. The average molecular weight is 467 g/mol. The molecule has 0 radical (unpaired) electrons. The molecule has 0 fully saturated rings. The number of nitrogens with zero attached hydrogens (tertiary/aromatic N) is 1. The number of carbonyl (C=O) groups is 1. The van der Waals surface area contributed by atoms with Crippen molar-refractivity contribution in [1.29, 1.82) is 0 Å². The van der Waals surface area contributed by atoms with Crippen LogP contribution in [0.5, 0.6) is 5.75 Å². The summed E-state index contributed by atoms with van der Waals surface area (Å²) in [6.45, 7) is 4.63. The largest absolute Gasteiger partial charge is 0.494 e. The van der Waals surface area contributed by atoms with Gasteiger partial charge in [0, 0.05) is 5.56 Å². The number of carbonyl (C=O) groups excluding carboxylic acids is 1. The van der Waals surface area contributed by atoms with Gasteiger partial charge in [-0.2, -0.15) is 0 Å². The topological polar surface area (TPSA) is 75.7 Å². The fourth-order valence-corrected chi connectivity index (χ4v) is 4.44. The first-order chi connectivity index (χ1) is 15.8. The number of benzene rings is 3. The summed E-state index contributed by atoms with van der Waals surface area (Å²) in [7, 11) is -3.50. The zero-order valence-corrected chi connectivity index (χ0v) is 20.0. The van der Waals surface area contributed by atoms with Gasteiger partial charge in [0.25, 0.3) is 5.91 Å². The predicted molar refractivity (Wildman–Crippen MR) is 132 cm³/mol. The quantitative estimate of drug-likeness (QED) is 0.460. The number of anilines is 1. The maximum atomic E-state index is 12.8. The van der Waals surface area contributed by atoms with Gasteiger partial charge in [-0.15, -0.1) is 0 Å². The van der Waals surface area contributed by atoms with Gasteiger partial charge < -0.3 is 10.1 Å². The van der Waals surface area contributed by atoms with Crippen molar-refractivity contribution in [2.75, 3.05) is 17.2 Å². The van der Waals surface area contributed by atoms with Crippen molar-refractivity contribution in [1.82, 2.24) is 5.32 Å². The molecule has 3 aromatic rings. The summed E-state index contributed by atoms with van der Waals surface area (Å²) in [5.74, 6) is 0.523. The minimum atomic E-state index is -3.50. The van der Waals surface area contributed by atoms with Crippen LogP contribution in [-0.4, -0.2) is 27.2 Å². The summed E-state index contributed by atoms with van der Waals surface area (Å²) in [5.41, 5.74) is 2.92. The van der Waals surface area contributed by atoms with E-state index in [1.807, 2.05) is 44.2 Å². The van der Waals surface area contributed by atoms with Gasteiger partial charge in [-0.25, -0.2) is 8.42 Å². The highest BCUT2D eigenvalue weighted by Crippen LogP contribution is 2.24. The fraction of sp³-hybridized carbons (Fsp3) is 0.269. The molecule has 1 unspecified atom stereocenters. The second-order valence-corrected chi connectivity index (χ2v) is 9.65. The molecule has 0 aliphatic heterocycles. The molecule has 0 bridgehead atoms. The molecular weight excluding hydrogens is 436 g/mol. The number of amides is 1. The lowest BCUT2D eigenvalue weighted by atomic mass is 10.0. The summed E-state index contributed by atoms with van der Waals surface area (Å²) >= 11 is 0. The van der Waals surface area contributed by atoms with E-state index in [1.165, 1.54) is 10.6 Å². The minimum absolute atomic E-state index is 0.0706. The van der Waals surface area contributed by atoms with Crippen LogP contribution in [0.2, 0.25) is 0 Å². The summed E-state index contributed by atoms with van der Waals surface area (Å²) in [4.78, 5) is 12.8. The average Bonchev–Trinajstić information content (AvgIpc) is 2.82. The van der Waals surface area contributed by atoms with Gasteiger partial charge in [0.05, 0.1) is 31.1 Å². The van der Waals surface area contributed by atoms with E-state index < -0.39 is 10.0 Å². The Hall–Kier alpha value is -3.32. The number of rotatable bonds is 10. The van der Waals surface area contributed by atoms with E-state index in [4.69, 9.17) is 4.74 Å². The van der Waals surface area contributed by atoms with E-state index in [2.05, 4.69) is 5.32 Å². The van der Waals surface area contributed by atoms with Gasteiger partial charge in [-0.1, -0.05) is 49.4 Å². The van der Waals surface area contributed by atoms with E-state index in [9.17, 15) is 13.2 Å². The normalized spacial score (nSPS) is 12.1. The van der Waals surface area contributed by atoms with Crippen LogP contribution in [0.15, 0.2) is 78.9 Å². The SMILES string of the molecule is CCOc1ccc(N(Cc2ccc(C(=O)NC(CC)c3ccccc3)cc2)S(C)(=O)=O)cc1. The van der Waals surface area contributed by atoms with Crippen molar-refractivity contribution >= 4 is 21.6 Å². The number of sulfonamides is 1. The molecule has 1 atom stereocenters. The van der Waals surface area contributed by atoms with Crippen molar-refractivity contribution in [2.24, 2.45) is 0 Å². The van der Waals surface area contributed by atoms with Gasteiger partial charge >= 0.3 is 0 Å². The van der Waals surface area contributed by atoms with Crippen LogP contribution in [0.25, 0.3) is 0 Å². The van der Waals surface area contributed by atoms with E-state index in [-0.39, 0.29) is 18.5 Å². The Morgan fingerprint density at radius 2 is 1.58 bits per heavy atom. The van der Waals surface area contributed by atoms with Gasteiger partial charge in [-0.3, -0.25) is 9.10 Å². The summed E-state index contributed by atoms with van der Waals surface area (Å²) in [6.07, 6.45) is 1.96. The van der Waals surface area contributed by atoms with Gasteiger partial charge in [-0.05, 0) is 60.9 Å². The minimum Gasteiger partial charge on any atom is -0.494 e. The maximum absolute atomic E-state index is 12.8. The Morgan fingerprint density at radius 1 is 0.939 bits per heavy atom. The highest BCUT2D eigenvalue weighted by molar-refractivity contribution is 7.92. The molecule has 0 aliphatic carbocycles. The van der Waals surface area contributed by atoms with Crippen molar-refractivity contribution in [3.8, 4) is 5.75 Å². The molecule has 33 heavy (non-hydrogen) atoms. The van der Waals surface area contributed by atoms with Gasteiger partial charge in [0.2, 0.25) is 10.0 Å². The van der Waals surface area contributed by atoms with Crippen LogP contribution in [-0.2, 0) is 16.6 Å². The van der Waals surface area contributed by atoms with Crippen molar-refractivity contribution in [2.45, 2.75) is 32.9 Å². The molecular formula is C26H30N2O4S. The second-order valence-electron chi connectivity index (χ2n) is 7.74. The third-order valence-electron chi connectivity index (χ3n) is 5.29. The van der Waals surface area contributed by atoms with E-state index in [0.29, 0.717) is 23.6 Å². The Kier molecular flexibility index (Phi) is 8.11. The van der Waals surface area contributed by atoms with E-state index >= 15 is 0 Å². The number of hydrogen-bond donors (Lipinski definition) is 1. The van der Waals surface area contributed by atoms with Crippen molar-refractivity contribution in [3.63, 3.8) is 0 Å². The van der Waals surface area contributed by atoms with Crippen molar-refractivity contribution in [3.05, 3.63) is 95.6 Å². The van der Waals surface area contributed by atoms with Gasteiger partial charge in [0.1, 0.15) is 5.75 Å². The van der Waals surface area contributed by atoms with Crippen LogP contribution in [0, 0.1) is 0 Å². The number of ether oxygens (including phenoxy) is 1. The fourth-order valence-electron chi connectivity index (χ4n) is 3.55. The van der Waals surface area contributed by atoms with Gasteiger partial charge in [0.15, 0.2) is 0 Å². The van der Waals surface area contributed by atoms with E-state index in [1.54, 1.807) is 48.5 Å². The molecule has 0 spiro atoms. The predicted octanol–water partition coefficient (Wildman–Crippen LogP) is 4.93. The molecule has 0 heterocycles.